The van der Waals surface area contributed by atoms with Crippen molar-refractivity contribution < 1.29 is 21.6 Å². The maximum absolute atomic E-state index is 13.5. The number of hydrogen-bond acceptors (Lipinski definition) is 6. The maximum Gasteiger partial charge on any atom is 0.433 e. The molecule has 0 saturated carbocycles. The first kappa shape index (κ1) is 20.8. The molecule has 11 heteroatoms. The number of sulfone groups is 1. The van der Waals surface area contributed by atoms with E-state index in [9.17, 15) is 21.6 Å². The smallest absolute Gasteiger partial charge is 0.324 e. The summed E-state index contributed by atoms with van der Waals surface area (Å²) in [5, 5.41) is 6.11. The topological polar surface area (TPSA) is 84.0 Å². The first-order valence-corrected chi connectivity index (χ1v) is 10.7. The van der Waals surface area contributed by atoms with Crippen LogP contribution in [-0.4, -0.2) is 35.9 Å². The lowest BCUT2D eigenvalue weighted by Crippen LogP contribution is -2.37. The summed E-state index contributed by atoms with van der Waals surface area (Å²) in [6, 6.07) is 6.31. The van der Waals surface area contributed by atoms with Gasteiger partial charge in [-0.15, -0.1) is 0 Å². The summed E-state index contributed by atoms with van der Waals surface area (Å²) in [4.78, 5) is 7.59. The molecule has 1 aliphatic heterocycles. The van der Waals surface area contributed by atoms with Crippen molar-refractivity contribution in [2.75, 3.05) is 16.8 Å². The minimum absolute atomic E-state index is 0.0375. The number of rotatable bonds is 5. The molecule has 6 nitrogen and oxygen atoms in total. The van der Waals surface area contributed by atoms with Crippen LogP contribution in [0.3, 0.4) is 0 Å². The molecular formula is C17H18ClF3N4O2S. The Morgan fingerprint density at radius 2 is 1.93 bits per heavy atom. The summed E-state index contributed by atoms with van der Waals surface area (Å²) >= 11 is 5.87. The van der Waals surface area contributed by atoms with Crippen LogP contribution in [0.2, 0.25) is 5.02 Å². The normalized spacial score (nSPS) is 17.4. The van der Waals surface area contributed by atoms with Crippen molar-refractivity contribution >= 4 is 33.1 Å². The third-order valence-corrected chi connectivity index (χ3v) is 6.30. The van der Waals surface area contributed by atoms with Gasteiger partial charge in [0.05, 0.1) is 11.5 Å². The lowest BCUT2D eigenvalue weighted by Gasteiger charge is -2.23. The third kappa shape index (κ3) is 5.55. The van der Waals surface area contributed by atoms with Crippen molar-refractivity contribution in [2.24, 2.45) is 0 Å². The molecule has 0 radical (unpaired) electrons. The van der Waals surface area contributed by atoms with Gasteiger partial charge < -0.3 is 10.6 Å². The van der Waals surface area contributed by atoms with E-state index >= 15 is 0 Å². The Hall–Kier alpha value is -1.91. The Morgan fingerprint density at radius 1 is 1.21 bits per heavy atom. The monoisotopic (exact) mass is 434 g/mol. The zero-order chi connectivity index (χ0) is 20.4. The number of benzene rings is 1. The number of halogens is 4. The molecule has 1 aliphatic rings. The van der Waals surface area contributed by atoms with Gasteiger partial charge in [0.25, 0.3) is 0 Å². The fourth-order valence-corrected chi connectivity index (χ4v) is 4.57. The van der Waals surface area contributed by atoms with Crippen molar-refractivity contribution in [2.45, 2.75) is 31.6 Å². The molecule has 28 heavy (non-hydrogen) atoms. The fourth-order valence-electron chi connectivity index (χ4n) is 2.89. The van der Waals surface area contributed by atoms with Gasteiger partial charge in [0, 0.05) is 35.1 Å². The zero-order valence-corrected chi connectivity index (χ0v) is 16.2. The maximum atomic E-state index is 13.5. The van der Waals surface area contributed by atoms with E-state index in [2.05, 4.69) is 20.6 Å². The van der Waals surface area contributed by atoms with Crippen LogP contribution in [0.5, 0.6) is 0 Å². The molecule has 1 aromatic heterocycles. The van der Waals surface area contributed by atoms with E-state index in [0.29, 0.717) is 23.6 Å². The molecule has 3 rings (SSSR count). The van der Waals surface area contributed by atoms with E-state index in [1.807, 2.05) is 0 Å². The molecule has 0 bridgehead atoms. The number of aromatic nitrogens is 2. The minimum atomic E-state index is -4.65. The van der Waals surface area contributed by atoms with Gasteiger partial charge in [-0.25, -0.2) is 18.4 Å². The fraction of sp³-hybridized carbons (Fsp3) is 0.412. The lowest BCUT2D eigenvalue weighted by molar-refractivity contribution is -0.141. The van der Waals surface area contributed by atoms with Gasteiger partial charge >= 0.3 is 6.18 Å². The van der Waals surface area contributed by atoms with E-state index in [0.717, 1.165) is 6.20 Å². The Balaban J connectivity index is 1.74. The van der Waals surface area contributed by atoms with E-state index in [-0.39, 0.29) is 35.6 Å². The molecule has 1 saturated heterocycles. The second-order valence-electron chi connectivity index (χ2n) is 6.51. The summed E-state index contributed by atoms with van der Waals surface area (Å²) < 4.78 is 63.3. The average molecular weight is 435 g/mol. The molecule has 0 spiro atoms. The summed E-state index contributed by atoms with van der Waals surface area (Å²) in [5.41, 5.74) is -0.671. The van der Waals surface area contributed by atoms with Crippen molar-refractivity contribution in [3.8, 4) is 0 Å². The summed E-state index contributed by atoms with van der Waals surface area (Å²) in [7, 11) is -3.03. The van der Waals surface area contributed by atoms with Crippen molar-refractivity contribution in [1.29, 1.82) is 0 Å². The van der Waals surface area contributed by atoms with E-state index in [1.54, 1.807) is 24.3 Å². The molecule has 1 aromatic carbocycles. The molecule has 2 N–H and O–H groups in total. The van der Waals surface area contributed by atoms with Gasteiger partial charge in [-0.05, 0) is 31.0 Å². The largest absolute Gasteiger partial charge is 0.433 e. The quantitative estimate of drug-likeness (QED) is 0.748. The lowest BCUT2D eigenvalue weighted by atomic mass is 10.1. The van der Waals surface area contributed by atoms with Crippen LogP contribution in [0, 0.1) is 0 Å². The number of nitrogens with one attached hydrogen (secondary N) is 2. The molecule has 0 unspecified atom stereocenters. The second kappa shape index (κ2) is 8.22. The molecule has 0 aliphatic carbocycles. The van der Waals surface area contributed by atoms with E-state index < -0.39 is 21.7 Å². The summed E-state index contributed by atoms with van der Waals surface area (Å²) in [5.74, 6) is -0.118. The highest BCUT2D eigenvalue weighted by molar-refractivity contribution is 7.91. The van der Waals surface area contributed by atoms with Crippen LogP contribution >= 0.6 is 11.6 Å². The zero-order valence-electron chi connectivity index (χ0n) is 14.6. The summed E-state index contributed by atoms with van der Waals surface area (Å²) in [6.07, 6.45) is -2.78. The third-order valence-electron chi connectivity index (χ3n) is 4.35. The highest BCUT2D eigenvalue weighted by Gasteiger charge is 2.36. The molecule has 0 amide bonds. The van der Waals surface area contributed by atoms with Crippen LogP contribution in [0.15, 0.2) is 30.5 Å². The molecule has 2 heterocycles. The number of alkyl halides is 3. The van der Waals surface area contributed by atoms with Crippen molar-refractivity contribution in [3.63, 3.8) is 0 Å². The van der Waals surface area contributed by atoms with Crippen LogP contribution in [0.25, 0.3) is 0 Å². The van der Waals surface area contributed by atoms with Gasteiger partial charge in [-0.3, -0.25) is 0 Å². The highest BCUT2D eigenvalue weighted by atomic mass is 35.5. The van der Waals surface area contributed by atoms with Gasteiger partial charge in [-0.2, -0.15) is 13.2 Å². The number of nitrogens with zero attached hydrogens (tertiary/aromatic N) is 2. The molecule has 1 fully saturated rings. The molecule has 152 valence electrons. The standard InChI is InChI=1S/C17H18ClF3N4O2S/c18-12-2-1-3-14(8-12)24-16-23-10-11(15(25-16)17(19,20)21)9-22-13-4-6-28(26,27)7-5-13/h1-3,8,10,13,22H,4-7,9H2,(H,23,24,25). The van der Waals surface area contributed by atoms with Crippen LogP contribution in [0.4, 0.5) is 24.8 Å². The van der Waals surface area contributed by atoms with Crippen LogP contribution < -0.4 is 10.6 Å². The van der Waals surface area contributed by atoms with Gasteiger partial charge in [0.2, 0.25) is 5.95 Å². The predicted octanol–water partition coefficient (Wildman–Crippen LogP) is 3.56. The van der Waals surface area contributed by atoms with Gasteiger partial charge in [0.1, 0.15) is 9.84 Å². The Morgan fingerprint density at radius 3 is 2.57 bits per heavy atom. The van der Waals surface area contributed by atoms with Crippen molar-refractivity contribution in [3.05, 3.63) is 46.7 Å². The first-order chi connectivity index (χ1) is 13.1. The van der Waals surface area contributed by atoms with E-state index in [4.69, 9.17) is 11.6 Å². The Labute approximate surface area is 165 Å². The van der Waals surface area contributed by atoms with Crippen LogP contribution in [-0.2, 0) is 22.6 Å². The SMILES string of the molecule is O=S1(=O)CCC(NCc2cnc(Nc3cccc(Cl)c3)nc2C(F)(F)F)CC1. The first-order valence-electron chi connectivity index (χ1n) is 8.52. The Bertz CT molecular complexity index is 940. The minimum Gasteiger partial charge on any atom is -0.324 e. The second-order valence-corrected chi connectivity index (χ2v) is 9.25. The summed E-state index contributed by atoms with van der Waals surface area (Å²) in [6.45, 7) is -0.100. The highest BCUT2D eigenvalue weighted by Crippen LogP contribution is 2.31. The molecular weight excluding hydrogens is 417 g/mol. The van der Waals surface area contributed by atoms with E-state index in [1.165, 1.54) is 0 Å². The molecule has 2 aromatic rings. The number of anilines is 2. The Kier molecular flexibility index (Phi) is 6.11. The van der Waals surface area contributed by atoms with Crippen LogP contribution in [0.1, 0.15) is 24.1 Å². The van der Waals surface area contributed by atoms with Gasteiger partial charge in [-0.1, -0.05) is 17.7 Å². The van der Waals surface area contributed by atoms with Crippen molar-refractivity contribution in [1.82, 2.24) is 15.3 Å². The average Bonchev–Trinajstić information content (AvgIpc) is 2.61. The van der Waals surface area contributed by atoms with Gasteiger partial charge in [0.15, 0.2) is 5.69 Å². The number of hydrogen-bond donors (Lipinski definition) is 2. The molecule has 0 atom stereocenters. The predicted molar refractivity (Wildman–Crippen MR) is 100 cm³/mol.